The van der Waals surface area contributed by atoms with Gasteiger partial charge < -0.3 is 4.57 Å². The molecule has 0 aliphatic heterocycles. The zero-order valence-electron chi connectivity index (χ0n) is 29.9. The molecule has 9 aromatic carbocycles. The van der Waals surface area contributed by atoms with Gasteiger partial charge in [0, 0.05) is 32.8 Å². The SMILES string of the molecule is c1cc(-c2ccc(-c3ccc(-c4ccc(-n5c6ccccc6c6ccccc65)cc4)cc3)cc2)cc(-c2cnc3c4ccccc4c4ccccc4c3n2)c1. The quantitative estimate of drug-likeness (QED) is 0.167. The van der Waals surface area contributed by atoms with Gasteiger partial charge in [0.25, 0.3) is 0 Å². The molecular weight excluding hydrogens is 667 g/mol. The third kappa shape index (κ3) is 5.20. The highest BCUT2D eigenvalue weighted by atomic mass is 15.0. The Kier molecular flexibility index (Phi) is 7.17. The lowest BCUT2D eigenvalue weighted by Gasteiger charge is -2.11. The molecule has 0 saturated heterocycles. The first-order valence-corrected chi connectivity index (χ1v) is 18.7. The van der Waals surface area contributed by atoms with Crippen LogP contribution in [-0.2, 0) is 0 Å². The second kappa shape index (κ2) is 12.6. The molecule has 3 nitrogen and oxygen atoms in total. The molecular formula is C52H33N3. The maximum atomic E-state index is 5.22. The maximum absolute atomic E-state index is 5.22. The van der Waals surface area contributed by atoms with Crippen molar-refractivity contribution in [2.75, 3.05) is 0 Å². The molecule has 11 rings (SSSR count). The van der Waals surface area contributed by atoms with E-state index >= 15 is 0 Å². The summed E-state index contributed by atoms with van der Waals surface area (Å²) in [4.78, 5) is 10.2. The van der Waals surface area contributed by atoms with Crippen molar-refractivity contribution in [2.45, 2.75) is 0 Å². The van der Waals surface area contributed by atoms with E-state index in [9.17, 15) is 0 Å². The van der Waals surface area contributed by atoms with Crippen molar-refractivity contribution < 1.29 is 0 Å². The molecule has 0 spiro atoms. The van der Waals surface area contributed by atoms with Crippen LogP contribution in [-0.4, -0.2) is 14.5 Å². The van der Waals surface area contributed by atoms with E-state index in [0.29, 0.717) is 0 Å². The number of aromatic nitrogens is 3. The average molecular weight is 700 g/mol. The Balaban J connectivity index is 0.858. The Morgan fingerprint density at radius 2 is 0.727 bits per heavy atom. The lowest BCUT2D eigenvalue weighted by atomic mass is 9.97. The van der Waals surface area contributed by atoms with E-state index in [1.54, 1.807) is 0 Å². The first kappa shape index (κ1) is 31.2. The van der Waals surface area contributed by atoms with Gasteiger partial charge in [0.1, 0.15) is 0 Å². The average Bonchev–Trinajstić information content (AvgIpc) is 3.61. The summed E-state index contributed by atoms with van der Waals surface area (Å²) in [5.74, 6) is 0. The summed E-state index contributed by atoms with van der Waals surface area (Å²) in [5.41, 5.74) is 14.5. The molecule has 0 aliphatic rings. The largest absolute Gasteiger partial charge is 0.309 e. The number of para-hydroxylation sites is 2. The van der Waals surface area contributed by atoms with Crippen molar-refractivity contribution in [3.05, 3.63) is 200 Å². The van der Waals surface area contributed by atoms with Crippen LogP contribution in [0.4, 0.5) is 0 Å². The first-order valence-electron chi connectivity index (χ1n) is 18.7. The second-order valence-electron chi connectivity index (χ2n) is 14.2. The zero-order valence-corrected chi connectivity index (χ0v) is 29.9. The predicted molar refractivity (Wildman–Crippen MR) is 231 cm³/mol. The van der Waals surface area contributed by atoms with E-state index in [1.165, 1.54) is 54.8 Å². The smallest absolute Gasteiger partial charge is 0.0979 e. The predicted octanol–water partition coefficient (Wildman–Crippen LogP) is 13.7. The van der Waals surface area contributed by atoms with E-state index in [4.69, 9.17) is 9.97 Å². The molecule has 2 aromatic heterocycles. The fourth-order valence-corrected chi connectivity index (χ4v) is 8.33. The van der Waals surface area contributed by atoms with E-state index < -0.39 is 0 Å². The Bertz CT molecular complexity index is 3140. The van der Waals surface area contributed by atoms with Crippen LogP contribution in [0.25, 0.3) is 105 Å². The number of nitrogens with zero attached hydrogens (tertiary/aromatic N) is 3. The molecule has 3 heteroatoms. The van der Waals surface area contributed by atoms with Crippen LogP contribution >= 0.6 is 0 Å². The van der Waals surface area contributed by atoms with Crippen molar-refractivity contribution >= 4 is 54.4 Å². The van der Waals surface area contributed by atoms with Gasteiger partial charge in [-0.05, 0) is 74.5 Å². The topological polar surface area (TPSA) is 30.7 Å². The van der Waals surface area contributed by atoms with E-state index in [1.807, 2.05) is 6.20 Å². The van der Waals surface area contributed by atoms with Gasteiger partial charge in [-0.25, -0.2) is 4.98 Å². The summed E-state index contributed by atoms with van der Waals surface area (Å²) in [6.45, 7) is 0. The summed E-state index contributed by atoms with van der Waals surface area (Å²) >= 11 is 0. The van der Waals surface area contributed by atoms with Crippen LogP contribution in [0.3, 0.4) is 0 Å². The van der Waals surface area contributed by atoms with Gasteiger partial charge in [0.15, 0.2) is 0 Å². The minimum atomic E-state index is 0.868. The standard InChI is InChI=1S/C52H33N3/c1-3-16-46-42(12-1)43-13-2-4-17-47(43)52-51(46)53-33-48(54-52)40-11-9-10-39(32-40)38-26-24-35(25-27-38)34-20-22-36(23-21-34)37-28-30-41(31-29-37)55-49-18-7-5-14-44(49)45-15-6-8-19-50(45)55/h1-33H. The summed E-state index contributed by atoms with van der Waals surface area (Å²) in [6.07, 6.45) is 1.91. The maximum Gasteiger partial charge on any atom is 0.0979 e. The van der Waals surface area contributed by atoms with Crippen LogP contribution < -0.4 is 0 Å². The molecule has 2 heterocycles. The summed E-state index contributed by atoms with van der Waals surface area (Å²) in [7, 11) is 0. The third-order valence-corrected chi connectivity index (χ3v) is 11.1. The van der Waals surface area contributed by atoms with E-state index in [2.05, 4.69) is 199 Å². The summed E-state index contributed by atoms with van der Waals surface area (Å²) in [6, 6.07) is 69.5. The van der Waals surface area contributed by atoms with Crippen molar-refractivity contribution in [1.29, 1.82) is 0 Å². The fraction of sp³-hybridized carbons (Fsp3) is 0. The van der Waals surface area contributed by atoms with Gasteiger partial charge in [-0.2, -0.15) is 0 Å². The van der Waals surface area contributed by atoms with Crippen LogP contribution in [0.2, 0.25) is 0 Å². The Morgan fingerprint density at radius 1 is 0.309 bits per heavy atom. The minimum absolute atomic E-state index is 0.868. The molecule has 0 atom stereocenters. The van der Waals surface area contributed by atoms with Gasteiger partial charge in [-0.15, -0.1) is 0 Å². The Labute approximate surface area is 318 Å². The molecule has 0 bridgehead atoms. The van der Waals surface area contributed by atoms with Gasteiger partial charge in [0.2, 0.25) is 0 Å². The van der Waals surface area contributed by atoms with Crippen molar-refractivity contribution in [2.24, 2.45) is 0 Å². The molecule has 0 N–H and O–H groups in total. The highest BCUT2D eigenvalue weighted by molar-refractivity contribution is 6.23. The normalized spacial score (nSPS) is 11.6. The molecule has 55 heavy (non-hydrogen) atoms. The fourth-order valence-electron chi connectivity index (χ4n) is 8.33. The number of rotatable bonds is 5. The van der Waals surface area contributed by atoms with Crippen molar-refractivity contribution in [3.63, 3.8) is 0 Å². The van der Waals surface area contributed by atoms with Gasteiger partial charge >= 0.3 is 0 Å². The molecule has 0 fully saturated rings. The number of hydrogen-bond donors (Lipinski definition) is 0. The highest BCUT2D eigenvalue weighted by Crippen LogP contribution is 2.36. The Morgan fingerprint density at radius 3 is 1.27 bits per heavy atom. The lowest BCUT2D eigenvalue weighted by molar-refractivity contribution is 1.18. The van der Waals surface area contributed by atoms with Crippen LogP contribution in [0.15, 0.2) is 200 Å². The van der Waals surface area contributed by atoms with Gasteiger partial charge in [0.05, 0.1) is 34.0 Å². The second-order valence-corrected chi connectivity index (χ2v) is 14.2. The molecule has 0 amide bonds. The monoisotopic (exact) mass is 699 g/mol. The van der Waals surface area contributed by atoms with E-state index in [-0.39, 0.29) is 0 Å². The van der Waals surface area contributed by atoms with Crippen molar-refractivity contribution in [3.8, 4) is 50.3 Å². The van der Waals surface area contributed by atoms with Crippen molar-refractivity contribution in [1.82, 2.24) is 14.5 Å². The van der Waals surface area contributed by atoms with Crippen LogP contribution in [0, 0.1) is 0 Å². The Hall–Kier alpha value is -7.36. The minimum Gasteiger partial charge on any atom is -0.309 e. The van der Waals surface area contributed by atoms with Crippen LogP contribution in [0.1, 0.15) is 0 Å². The first-order chi connectivity index (χ1) is 27.3. The highest BCUT2D eigenvalue weighted by Gasteiger charge is 2.14. The number of hydrogen-bond acceptors (Lipinski definition) is 2. The van der Waals surface area contributed by atoms with E-state index in [0.717, 1.165) is 49.9 Å². The molecule has 0 aliphatic carbocycles. The molecule has 0 radical (unpaired) electrons. The zero-order chi connectivity index (χ0) is 36.3. The van der Waals surface area contributed by atoms with Crippen LogP contribution in [0.5, 0.6) is 0 Å². The summed E-state index contributed by atoms with van der Waals surface area (Å²) in [5, 5.41) is 7.21. The lowest BCUT2D eigenvalue weighted by Crippen LogP contribution is -1.93. The molecule has 0 unspecified atom stereocenters. The molecule has 256 valence electrons. The number of benzene rings is 9. The molecule has 11 aromatic rings. The number of fused-ring (bicyclic) bond motifs is 9. The van der Waals surface area contributed by atoms with Gasteiger partial charge in [-0.1, -0.05) is 164 Å². The molecule has 0 saturated carbocycles. The van der Waals surface area contributed by atoms with Gasteiger partial charge in [-0.3, -0.25) is 4.98 Å². The third-order valence-electron chi connectivity index (χ3n) is 11.1. The summed E-state index contributed by atoms with van der Waals surface area (Å²) < 4.78 is 2.36.